The van der Waals surface area contributed by atoms with Crippen molar-refractivity contribution in [1.82, 2.24) is 20.1 Å². The van der Waals surface area contributed by atoms with E-state index in [1.807, 2.05) is 24.3 Å². The van der Waals surface area contributed by atoms with Gasteiger partial charge in [0.05, 0.1) is 25.3 Å². The second kappa shape index (κ2) is 6.25. The molecule has 1 aliphatic rings. The molecule has 0 atom stereocenters. The summed E-state index contributed by atoms with van der Waals surface area (Å²) in [5.41, 5.74) is 1.93. The average Bonchev–Trinajstić information content (AvgIpc) is 3.17. The van der Waals surface area contributed by atoms with Gasteiger partial charge < -0.3 is 14.8 Å². The second-order valence-corrected chi connectivity index (χ2v) is 5.29. The molecule has 2 heterocycles. The first kappa shape index (κ1) is 14.7. The van der Waals surface area contributed by atoms with E-state index in [2.05, 4.69) is 15.4 Å². The zero-order valence-electron chi connectivity index (χ0n) is 12.4. The highest BCUT2D eigenvalue weighted by molar-refractivity contribution is 5.76. The lowest BCUT2D eigenvalue weighted by Gasteiger charge is -2.21. The number of hydrogen-bond donors (Lipinski definition) is 1. The van der Waals surface area contributed by atoms with Crippen molar-refractivity contribution in [2.75, 3.05) is 13.2 Å². The van der Waals surface area contributed by atoms with Crippen molar-refractivity contribution in [2.24, 2.45) is 0 Å². The molecule has 0 unspecified atom stereocenters. The Morgan fingerprint density at radius 1 is 1.32 bits per heavy atom. The molecule has 1 aromatic heterocycles. The fourth-order valence-corrected chi connectivity index (χ4v) is 2.32. The predicted octanol–water partition coefficient (Wildman–Crippen LogP) is 1.04. The van der Waals surface area contributed by atoms with Gasteiger partial charge in [0.1, 0.15) is 12.7 Å². The molecular formula is C15H18N4O3. The van der Waals surface area contributed by atoms with Crippen LogP contribution in [0.1, 0.15) is 18.9 Å². The fraction of sp³-hybridized carbons (Fsp3) is 0.400. The predicted molar refractivity (Wildman–Crippen MR) is 78.1 cm³/mol. The molecule has 1 aromatic carbocycles. The number of amides is 1. The Balaban J connectivity index is 1.52. The lowest BCUT2D eigenvalue weighted by atomic mass is 10.2. The standard InChI is InChI=1S/C15H18N4O3/c1-15(21-6-7-22-15)8-14(20)17-9-12-2-4-13(5-3-12)19-11-16-10-18-19/h2-5,10-11H,6-9H2,1H3,(H,17,20). The van der Waals surface area contributed by atoms with Crippen molar-refractivity contribution in [1.29, 1.82) is 0 Å². The quantitative estimate of drug-likeness (QED) is 0.892. The van der Waals surface area contributed by atoms with Gasteiger partial charge in [-0.3, -0.25) is 4.79 Å². The van der Waals surface area contributed by atoms with E-state index in [1.54, 1.807) is 17.9 Å². The van der Waals surface area contributed by atoms with Gasteiger partial charge in [0.15, 0.2) is 5.79 Å². The van der Waals surface area contributed by atoms with E-state index in [-0.39, 0.29) is 12.3 Å². The summed E-state index contributed by atoms with van der Waals surface area (Å²) in [6.07, 6.45) is 3.32. The van der Waals surface area contributed by atoms with Crippen LogP contribution in [0.15, 0.2) is 36.9 Å². The maximum Gasteiger partial charge on any atom is 0.225 e. The first-order valence-electron chi connectivity index (χ1n) is 7.13. The van der Waals surface area contributed by atoms with Crippen molar-refractivity contribution >= 4 is 5.91 Å². The summed E-state index contributed by atoms with van der Waals surface area (Å²) in [5, 5.41) is 6.93. The number of hydrogen-bond acceptors (Lipinski definition) is 5. The van der Waals surface area contributed by atoms with E-state index in [0.717, 1.165) is 11.3 Å². The largest absolute Gasteiger partial charge is 0.352 e. The van der Waals surface area contributed by atoms with E-state index in [4.69, 9.17) is 9.47 Å². The van der Waals surface area contributed by atoms with Crippen LogP contribution in [0.2, 0.25) is 0 Å². The Morgan fingerprint density at radius 3 is 2.68 bits per heavy atom. The lowest BCUT2D eigenvalue weighted by molar-refractivity contribution is -0.159. The molecule has 22 heavy (non-hydrogen) atoms. The average molecular weight is 302 g/mol. The highest BCUT2D eigenvalue weighted by Gasteiger charge is 2.33. The maximum atomic E-state index is 11.9. The molecular weight excluding hydrogens is 284 g/mol. The summed E-state index contributed by atoms with van der Waals surface area (Å²) in [7, 11) is 0. The minimum Gasteiger partial charge on any atom is -0.352 e. The van der Waals surface area contributed by atoms with Gasteiger partial charge in [-0.1, -0.05) is 12.1 Å². The highest BCUT2D eigenvalue weighted by Crippen LogP contribution is 2.22. The van der Waals surface area contributed by atoms with Crippen molar-refractivity contribution in [3.63, 3.8) is 0 Å². The van der Waals surface area contributed by atoms with Crippen molar-refractivity contribution in [3.05, 3.63) is 42.5 Å². The van der Waals surface area contributed by atoms with E-state index >= 15 is 0 Å². The molecule has 0 radical (unpaired) electrons. The van der Waals surface area contributed by atoms with Crippen LogP contribution in [0.25, 0.3) is 5.69 Å². The molecule has 7 heteroatoms. The Morgan fingerprint density at radius 2 is 2.05 bits per heavy atom. The fourth-order valence-electron chi connectivity index (χ4n) is 2.32. The monoisotopic (exact) mass is 302 g/mol. The Hall–Kier alpha value is -2.25. The molecule has 1 amide bonds. The number of rotatable bonds is 5. The van der Waals surface area contributed by atoms with Crippen LogP contribution in [-0.2, 0) is 20.8 Å². The van der Waals surface area contributed by atoms with Gasteiger partial charge in [-0.25, -0.2) is 9.67 Å². The van der Waals surface area contributed by atoms with Gasteiger partial charge in [-0.15, -0.1) is 0 Å². The molecule has 1 fully saturated rings. The topological polar surface area (TPSA) is 78.3 Å². The van der Waals surface area contributed by atoms with Gasteiger partial charge in [0.2, 0.25) is 5.91 Å². The Bertz CT molecular complexity index is 619. The SMILES string of the molecule is CC1(CC(=O)NCc2ccc(-n3cncn3)cc2)OCCO1. The number of nitrogens with zero attached hydrogens (tertiary/aromatic N) is 3. The molecule has 0 spiro atoms. The lowest BCUT2D eigenvalue weighted by Crippen LogP contribution is -2.35. The van der Waals surface area contributed by atoms with Crippen LogP contribution in [0, 0.1) is 0 Å². The molecule has 3 rings (SSSR count). The molecule has 1 saturated heterocycles. The van der Waals surface area contributed by atoms with Crippen molar-refractivity contribution in [3.8, 4) is 5.69 Å². The molecule has 2 aromatic rings. The Kier molecular flexibility index (Phi) is 4.17. The summed E-state index contributed by atoms with van der Waals surface area (Å²) in [6, 6.07) is 7.75. The summed E-state index contributed by atoms with van der Waals surface area (Å²) in [6.45, 7) is 3.32. The smallest absolute Gasteiger partial charge is 0.225 e. The number of carbonyl (C=O) groups excluding carboxylic acids is 1. The molecule has 116 valence electrons. The Labute approximate surface area is 128 Å². The van der Waals surface area contributed by atoms with E-state index < -0.39 is 5.79 Å². The van der Waals surface area contributed by atoms with Crippen molar-refractivity contribution < 1.29 is 14.3 Å². The third-order valence-corrected chi connectivity index (χ3v) is 3.49. The maximum absolute atomic E-state index is 11.9. The van der Waals surface area contributed by atoms with Crippen LogP contribution < -0.4 is 5.32 Å². The van der Waals surface area contributed by atoms with Gasteiger partial charge in [0.25, 0.3) is 0 Å². The molecule has 1 aliphatic heterocycles. The molecule has 1 N–H and O–H groups in total. The summed E-state index contributed by atoms with van der Waals surface area (Å²) >= 11 is 0. The van der Waals surface area contributed by atoms with Gasteiger partial charge in [0, 0.05) is 6.54 Å². The minimum absolute atomic E-state index is 0.0928. The number of benzene rings is 1. The van der Waals surface area contributed by atoms with Gasteiger partial charge >= 0.3 is 0 Å². The zero-order valence-corrected chi connectivity index (χ0v) is 12.4. The third-order valence-electron chi connectivity index (χ3n) is 3.49. The summed E-state index contributed by atoms with van der Waals surface area (Å²) in [4.78, 5) is 15.8. The molecule has 0 saturated carbocycles. The van der Waals surface area contributed by atoms with E-state index in [9.17, 15) is 4.79 Å². The van der Waals surface area contributed by atoms with Crippen molar-refractivity contribution in [2.45, 2.75) is 25.7 Å². The second-order valence-electron chi connectivity index (χ2n) is 5.29. The first-order chi connectivity index (χ1) is 10.6. The minimum atomic E-state index is -0.791. The van der Waals surface area contributed by atoms with Gasteiger partial charge in [-0.2, -0.15) is 5.10 Å². The number of aromatic nitrogens is 3. The van der Waals surface area contributed by atoms with Gasteiger partial charge in [-0.05, 0) is 24.6 Å². The normalized spacial score (nSPS) is 16.6. The van der Waals surface area contributed by atoms with E-state index in [0.29, 0.717) is 19.8 Å². The van der Waals surface area contributed by atoms with Crippen LogP contribution in [0.3, 0.4) is 0 Å². The zero-order chi connectivity index (χ0) is 15.4. The molecule has 7 nitrogen and oxygen atoms in total. The van der Waals surface area contributed by atoms with E-state index in [1.165, 1.54) is 6.33 Å². The van der Waals surface area contributed by atoms with Crippen LogP contribution in [0.5, 0.6) is 0 Å². The van der Waals surface area contributed by atoms with Crippen LogP contribution in [-0.4, -0.2) is 39.7 Å². The summed E-state index contributed by atoms with van der Waals surface area (Å²) < 4.78 is 12.5. The molecule has 0 bridgehead atoms. The van der Waals surface area contributed by atoms with Crippen LogP contribution in [0.4, 0.5) is 0 Å². The van der Waals surface area contributed by atoms with Crippen LogP contribution >= 0.6 is 0 Å². The number of nitrogens with one attached hydrogen (secondary N) is 1. The summed E-state index contributed by atoms with van der Waals surface area (Å²) in [5.74, 6) is -0.883. The third kappa shape index (κ3) is 3.49. The molecule has 0 aliphatic carbocycles. The highest BCUT2D eigenvalue weighted by atomic mass is 16.7. The number of carbonyl (C=O) groups is 1. The number of ether oxygens (including phenoxy) is 2. The first-order valence-corrected chi connectivity index (χ1v) is 7.13.